The van der Waals surface area contributed by atoms with E-state index in [2.05, 4.69) is 5.16 Å². The third-order valence-electron chi connectivity index (χ3n) is 3.84. The van der Waals surface area contributed by atoms with Crippen LogP contribution in [0.4, 0.5) is 0 Å². The molecule has 102 valence electrons. The second kappa shape index (κ2) is 4.68. The first kappa shape index (κ1) is 12.2. The monoisotopic (exact) mass is 263 g/mol. The number of hydrogen-bond donors (Lipinski definition) is 1. The predicted molar refractivity (Wildman–Crippen MR) is 66.3 cm³/mol. The molecule has 0 aromatic carbocycles. The number of primary amides is 1. The predicted octanol–water partition coefficient (Wildman–Crippen LogP) is 0.889. The Morgan fingerprint density at radius 3 is 2.84 bits per heavy atom. The Balaban J connectivity index is 1.69. The topological polar surface area (TPSA) is 89.4 Å². The van der Waals surface area contributed by atoms with Crippen molar-refractivity contribution in [3.8, 4) is 0 Å². The second-order valence-electron chi connectivity index (χ2n) is 5.38. The molecule has 19 heavy (non-hydrogen) atoms. The molecular formula is C13H17N3O3. The minimum absolute atomic E-state index is 0.165. The van der Waals surface area contributed by atoms with Gasteiger partial charge in [0.15, 0.2) is 5.69 Å². The minimum Gasteiger partial charge on any atom is -0.369 e. The van der Waals surface area contributed by atoms with Gasteiger partial charge in [-0.05, 0) is 25.7 Å². The third-order valence-corrected chi connectivity index (χ3v) is 3.84. The molecule has 1 saturated heterocycles. The first-order valence-corrected chi connectivity index (χ1v) is 6.70. The third kappa shape index (κ3) is 2.47. The number of amides is 2. The van der Waals surface area contributed by atoms with Crippen molar-refractivity contribution >= 4 is 11.8 Å². The summed E-state index contributed by atoms with van der Waals surface area (Å²) in [6, 6.07) is 1.73. The van der Waals surface area contributed by atoms with E-state index in [4.69, 9.17) is 10.3 Å². The van der Waals surface area contributed by atoms with Crippen LogP contribution in [0.5, 0.6) is 0 Å². The van der Waals surface area contributed by atoms with Crippen LogP contribution in [0, 0.1) is 5.92 Å². The van der Waals surface area contributed by atoms with Gasteiger partial charge >= 0.3 is 0 Å². The lowest BCUT2D eigenvalue weighted by molar-refractivity contribution is -0.123. The Morgan fingerprint density at radius 1 is 1.37 bits per heavy atom. The maximum absolute atomic E-state index is 12.3. The molecule has 2 heterocycles. The van der Waals surface area contributed by atoms with Crippen LogP contribution < -0.4 is 5.73 Å². The molecule has 6 nitrogen and oxygen atoms in total. The summed E-state index contributed by atoms with van der Waals surface area (Å²) in [5.74, 6) is 0.492. The van der Waals surface area contributed by atoms with Gasteiger partial charge in [-0.25, -0.2) is 0 Å². The number of piperidine rings is 1. The van der Waals surface area contributed by atoms with Crippen molar-refractivity contribution in [2.45, 2.75) is 31.6 Å². The summed E-state index contributed by atoms with van der Waals surface area (Å²) in [5.41, 5.74) is 5.65. The summed E-state index contributed by atoms with van der Waals surface area (Å²) in [5, 5.41) is 3.84. The fourth-order valence-corrected chi connectivity index (χ4v) is 2.51. The molecule has 1 aromatic heterocycles. The van der Waals surface area contributed by atoms with E-state index in [9.17, 15) is 9.59 Å². The zero-order valence-corrected chi connectivity index (χ0v) is 10.7. The number of carbonyl (C=O) groups is 2. The van der Waals surface area contributed by atoms with Gasteiger partial charge in [0.1, 0.15) is 5.76 Å². The van der Waals surface area contributed by atoms with Crippen molar-refractivity contribution in [1.82, 2.24) is 10.1 Å². The molecular weight excluding hydrogens is 246 g/mol. The number of likely N-dealkylation sites (tertiary alicyclic amines) is 1. The lowest BCUT2D eigenvalue weighted by Crippen LogP contribution is -2.44. The second-order valence-corrected chi connectivity index (χ2v) is 5.38. The first-order chi connectivity index (χ1) is 9.15. The molecule has 1 atom stereocenters. The van der Waals surface area contributed by atoms with Crippen molar-refractivity contribution in [1.29, 1.82) is 0 Å². The zero-order chi connectivity index (χ0) is 13.4. The summed E-state index contributed by atoms with van der Waals surface area (Å²) >= 11 is 0. The average molecular weight is 263 g/mol. The van der Waals surface area contributed by atoms with Crippen LogP contribution >= 0.6 is 0 Å². The normalized spacial score (nSPS) is 23.4. The van der Waals surface area contributed by atoms with Crippen LogP contribution in [0.15, 0.2) is 10.6 Å². The number of carbonyl (C=O) groups excluding carboxylic acids is 2. The highest BCUT2D eigenvalue weighted by atomic mass is 16.5. The standard InChI is InChI=1S/C13H17N3O3/c14-12(17)9-2-1-5-16(7-9)13(18)10-6-11(19-15-10)8-3-4-8/h6,8-9H,1-5,7H2,(H2,14,17)/t9-/m1/s1. The first-order valence-electron chi connectivity index (χ1n) is 6.70. The molecule has 2 aliphatic rings. The quantitative estimate of drug-likeness (QED) is 0.877. The molecule has 1 aliphatic heterocycles. The lowest BCUT2D eigenvalue weighted by atomic mass is 9.97. The van der Waals surface area contributed by atoms with Crippen LogP contribution in [0.1, 0.15) is 47.8 Å². The van der Waals surface area contributed by atoms with Gasteiger partial charge in [0, 0.05) is 25.1 Å². The molecule has 2 amide bonds. The highest BCUT2D eigenvalue weighted by Gasteiger charge is 2.32. The number of aromatic nitrogens is 1. The number of nitrogens with zero attached hydrogens (tertiary/aromatic N) is 2. The Labute approximate surface area is 110 Å². The van der Waals surface area contributed by atoms with Crippen molar-refractivity contribution in [3.05, 3.63) is 17.5 Å². The zero-order valence-electron chi connectivity index (χ0n) is 10.7. The molecule has 2 fully saturated rings. The summed E-state index contributed by atoms with van der Waals surface area (Å²) in [7, 11) is 0. The summed E-state index contributed by atoms with van der Waals surface area (Å²) < 4.78 is 5.19. The highest BCUT2D eigenvalue weighted by molar-refractivity contribution is 5.92. The van der Waals surface area contributed by atoms with Gasteiger partial charge in [-0.15, -0.1) is 0 Å². The fourth-order valence-electron chi connectivity index (χ4n) is 2.51. The van der Waals surface area contributed by atoms with Crippen LogP contribution in [0.2, 0.25) is 0 Å². The van der Waals surface area contributed by atoms with Crippen LogP contribution in [-0.2, 0) is 4.79 Å². The molecule has 2 N–H and O–H groups in total. The molecule has 1 aromatic rings. The average Bonchev–Trinajstić information content (AvgIpc) is 3.16. The van der Waals surface area contributed by atoms with Crippen molar-refractivity contribution in [2.24, 2.45) is 11.7 Å². The van der Waals surface area contributed by atoms with E-state index in [1.165, 1.54) is 0 Å². The highest BCUT2D eigenvalue weighted by Crippen LogP contribution is 2.40. The number of hydrogen-bond acceptors (Lipinski definition) is 4. The van der Waals surface area contributed by atoms with Crippen LogP contribution in [0.3, 0.4) is 0 Å². The minimum atomic E-state index is -0.337. The van der Waals surface area contributed by atoms with Crippen LogP contribution in [0.25, 0.3) is 0 Å². The molecule has 1 saturated carbocycles. The van der Waals surface area contributed by atoms with Gasteiger partial charge in [0.2, 0.25) is 5.91 Å². The van der Waals surface area contributed by atoms with Gasteiger partial charge in [0.25, 0.3) is 5.91 Å². The largest absolute Gasteiger partial charge is 0.369 e. The van der Waals surface area contributed by atoms with Gasteiger partial charge < -0.3 is 15.2 Å². The SMILES string of the molecule is NC(=O)[C@@H]1CCCN(C(=O)c2cc(C3CC3)on2)C1. The molecule has 6 heteroatoms. The van der Waals surface area contributed by atoms with Gasteiger partial charge in [-0.1, -0.05) is 5.16 Å². The van der Waals surface area contributed by atoms with E-state index in [0.29, 0.717) is 24.7 Å². The number of nitrogens with two attached hydrogens (primary N) is 1. The summed E-state index contributed by atoms with van der Waals surface area (Å²) in [4.78, 5) is 25.1. The Morgan fingerprint density at radius 2 is 2.16 bits per heavy atom. The Hall–Kier alpha value is -1.85. The maximum Gasteiger partial charge on any atom is 0.276 e. The molecule has 0 unspecified atom stereocenters. The molecule has 1 aliphatic carbocycles. The number of rotatable bonds is 3. The van der Waals surface area contributed by atoms with E-state index < -0.39 is 0 Å². The van der Waals surface area contributed by atoms with E-state index in [0.717, 1.165) is 31.4 Å². The van der Waals surface area contributed by atoms with E-state index in [1.54, 1.807) is 11.0 Å². The van der Waals surface area contributed by atoms with E-state index >= 15 is 0 Å². The molecule has 0 radical (unpaired) electrons. The maximum atomic E-state index is 12.3. The smallest absolute Gasteiger partial charge is 0.276 e. The lowest BCUT2D eigenvalue weighted by Gasteiger charge is -2.30. The van der Waals surface area contributed by atoms with Gasteiger partial charge in [0.05, 0.1) is 5.92 Å². The van der Waals surface area contributed by atoms with E-state index in [1.807, 2.05) is 0 Å². The van der Waals surface area contributed by atoms with Crippen molar-refractivity contribution < 1.29 is 14.1 Å². The fraction of sp³-hybridized carbons (Fsp3) is 0.615. The molecule has 3 rings (SSSR count). The Kier molecular flexibility index (Phi) is 3.00. The molecule has 0 spiro atoms. The van der Waals surface area contributed by atoms with Crippen molar-refractivity contribution in [2.75, 3.05) is 13.1 Å². The van der Waals surface area contributed by atoms with Gasteiger partial charge in [-0.3, -0.25) is 9.59 Å². The van der Waals surface area contributed by atoms with Crippen LogP contribution in [-0.4, -0.2) is 35.0 Å². The molecule has 0 bridgehead atoms. The summed E-state index contributed by atoms with van der Waals surface area (Å²) in [6.45, 7) is 1.04. The van der Waals surface area contributed by atoms with E-state index in [-0.39, 0.29) is 17.7 Å². The van der Waals surface area contributed by atoms with Gasteiger partial charge in [-0.2, -0.15) is 0 Å². The van der Waals surface area contributed by atoms with Crippen molar-refractivity contribution in [3.63, 3.8) is 0 Å². The Bertz CT molecular complexity index is 507. The summed E-state index contributed by atoms with van der Waals surface area (Å²) in [6.07, 6.45) is 3.77.